The SMILES string of the molecule is CCOc1cc(C(C#N)Nc2ccccc2C)ccc1O. The van der Waals surface area contributed by atoms with Crippen LogP contribution in [0.25, 0.3) is 0 Å². The van der Waals surface area contributed by atoms with Gasteiger partial charge in [-0.3, -0.25) is 0 Å². The molecule has 0 bridgehead atoms. The molecule has 2 N–H and O–H groups in total. The van der Waals surface area contributed by atoms with Gasteiger partial charge in [-0.05, 0) is 43.2 Å². The molecule has 0 aliphatic carbocycles. The first kappa shape index (κ1) is 14.7. The van der Waals surface area contributed by atoms with Crippen LogP contribution in [-0.4, -0.2) is 11.7 Å². The van der Waals surface area contributed by atoms with Crippen LogP contribution in [0.3, 0.4) is 0 Å². The largest absolute Gasteiger partial charge is 0.504 e. The van der Waals surface area contributed by atoms with Crippen molar-refractivity contribution in [3.05, 3.63) is 53.6 Å². The van der Waals surface area contributed by atoms with Gasteiger partial charge in [-0.1, -0.05) is 24.3 Å². The number of anilines is 1. The molecule has 0 aliphatic rings. The highest BCUT2D eigenvalue weighted by Crippen LogP contribution is 2.30. The first-order chi connectivity index (χ1) is 10.2. The van der Waals surface area contributed by atoms with Crippen molar-refractivity contribution in [3.63, 3.8) is 0 Å². The third kappa shape index (κ3) is 3.46. The molecule has 0 amide bonds. The predicted molar refractivity (Wildman–Crippen MR) is 82.4 cm³/mol. The molecule has 1 unspecified atom stereocenters. The molecule has 2 aromatic rings. The lowest BCUT2D eigenvalue weighted by atomic mass is 10.1. The Morgan fingerprint density at radius 3 is 2.71 bits per heavy atom. The monoisotopic (exact) mass is 282 g/mol. The van der Waals surface area contributed by atoms with Gasteiger partial charge in [0.25, 0.3) is 0 Å². The number of benzene rings is 2. The van der Waals surface area contributed by atoms with Gasteiger partial charge in [0.15, 0.2) is 11.5 Å². The summed E-state index contributed by atoms with van der Waals surface area (Å²) in [5.41, 5.74) is 2.73. The van der Waals surface area contributed by atoms with Gasteiger partial charge >= 0.3 is 0 Å². The summed E-state index contributed by atoms with van der Waals surface area (Å²) in [7, 11) is 0. The number of para-hydroxylation sites is 1. The molecule has 0 saturated carbocycles. The molecule has 4 heteroatoms. The number of phenols is 1. The second kappa shape index (κ2) is 6.67. The van der Waals surface area contributed by atoms with Crippen LogP contribution in [0.4, 0.5) is 5.69 Å². The van der Waals surface area contributed by atoms with Gasteiger partial charge in [-0.15, -0.1) is 0 Å². The van der Waals surface area contributed by atoms with Gasteiger partial charge in [0.1, 0.15) is 6.04 Å². The Balaban J connectivity index is 2.28. The molecule has 2 rings (SSSR count). The second-order valence-electron chi connectivity index (χ2n) is 4.68. The zero-order chi connectivity index (χ0) is 15.2. The fourth-order valence-corrected chi connectivity index (χ4v) is 2.06. The van der Waals surface area contributed by atoms with Crippen molar-refractivity contribution < 1.29 is 9.84 Å². The highest BCUT2D eigenvalue weighted by atomic mass is 16.5. The normalized spacial score (nSPS) is 11.5. The molecule has 21 heavy (non-hydrogen) atoms. The summed E-state index contributed by atoms with van der Waals surface area (Å²) < 4.78 is 5.36. The lowest BCUT2D eigenvalue weighted by molar-refractivity contribution is 0.317. The molecule has 0 aliphatic heterocycles. The summed E-state index contributed by atoms with van der Waals surface area (Å²) in [6, 6.07) is 14.5. The van der Waals surface area contributed by atoms with E-state index in [1.165, 1.54) is 0 Å². The molecule has 2 aromatic carbocycles. The van der Waals surface area contributed by atoms with Gasteiger partial charge in [-0.2, -0.15) is 5.26 Å². The molecule has 0 fully saturated rings. The topological polar surface area (TPSA) is 65.3 Å². The van der Waals surface area contributed by atoms with Crippen LogP contribution in [0.2, 0.25) is 0 Å². The van der Waals surface area contributed by atoms with Crippen LogP contribution in [-0.2, 0) is 0 Å². The van der Waals surface area contributed by atoms with Crippen LogP contribution in [0.5, 0.6) is 11.5 Å². The van der Waals surface area contributed by atoms with E-state index >= 15 is 0 Å². The lowest BCUT2D eigenvalue weighted by Gasteiger charge is -2.16. The number of aromatic hydroxyl groups is 1. The fourth-order valence-electron chi connectivity index (χ4n) is 2.06. The van der Waals surface area contributed by atoms with E-state index in [9.17, 15) is 10.4 Å². The Labute approximate surface area is 124 Å². The number of rotatable bonds is 5. The Morgan fingerprint density at radius 2 is 2.05 bits per heavy atom. The summed E-state index contributed by atoms with van der Waals surface area (Å²) in [5.74, 6) is 0.468. The van der Waals surface area contributed by atoms with Crippen molar-refractivity contribution in [3.8, 4) is 17.6 Å². The standard InChI is InChI=1S/C17H18N2O2/c1-3-21-17-10-13(8-9-16(17)20)15(11-18)19-14-7-5-4-6-12(14)2/h4-10,15,19-20H,3H2,1-2H3. The molecule has 0 saturated heterocycles. The van der Waals surface area contributed by atoms with Gasteiger partial charge in [-0.25, -0.2) is 0 Å². The second-order valence-corrected chi connectivity index (χ2v) is 4.68. The van der Waals surface area contributed by atoms with E-state index in [4.69, 9.17) is 4.74 Å². The van der Waals surface area contributed by atoms with E-state index in [2.05, 4.69) is 11.4 Å². The van der Waals surface area contributed by atoms with Crippen molar-refractivity contribution in [2.45, 2.75) is 19.9 Å². The van der Waals surface area contributed by atoms with Gasteiger partial charge in [0, 0.05) is 5.69 Å². The van der Waals surface area contributed by atoms with Crippen molar-refractivity contribution in [2.75, 3.05) is 11.9 Å². The fraction of sp³-hybridized carbons (Fsp3) is 0.235. The summed E-state index contributed by atoms with van der Waals surface area (Å²) in [6.45, 7) is 4.29. The van der Waals surface area contributed by atoms with Crippen LogP contribution in [0.15, 0.2) is 42.5 Å². The van der Waals surface area contributed by atoms with Crippen molar-refractivity contribution in [1.29, 1.82) is 5.26 Å². The molecule has 0 aromatic heterocycles. The van der Waals surface area contributed by atoms with Crippen LogP contribution in [0.1, 0.15) is 24.1 Å². The maximum atomic E-state index is 9.73. The summed E-state index contributed by atoms with van der Waals surface area (Å²) in [5, 5.41) is 22.3. The average Bonchev–Trinajstić information content (AvgIpc) is 2.49. The Hall–Kier alpha value is -2.67. The zero-order valence-corrected chi connectivity index (χ0v) is 12.1. The summed E-state index contributed by atoms with van der Waals surface area (Å²) in [6.07, 6.45) is 0. The Bertz CT molecular complexity index is 662. The van der Waals surface area contributed by atoms with E-state index in [1.807, 2.05) is 38.1 Å². The Kier molecular flexibility index (Phi) is 4.68. The number of aryl methyl sites for hydroxylation is 1. The summed E-state index contributed by atoms with van der Waals surface area (Å²) >= 11 is 0. The first-order valence-corrected chi connectivity index (χ1v) is 6.83. The third-order valence-electron chi connectivity index (χ3n) is 3.19. The average molecular weight is 282 g/mol. The minimum Gasteiger partial charge on any atom is -0.504 e. The number of nitrogens with one attached hydrogen (secondary N) is 1. The summed E-state index contributed by atoms with van der Waals surface area (Å²) in [4.78, 5) is 0. The van der Waals surface area contributed by atoms with Crippen LogP contribution in [0, 0.1) is 18.3 Å². The number of ether oxygens (including phenoxy) is 1. The smallest absolute Gasteiger partial charge is 0.161 e. The molecule has 0 heterocycles. The number of phenolic OH excluding ortho intramolecular Hbond substituents is 1. The van der Waals surface area contributed by atoms with Crippen LogP contribution < -0.4 is 10.1 Å². The van der Waals surface area contributed by atoms with Gasteiger partial charge in [0.2, 0.25) is 0 Å². The van der Waals surface area contributed by atoms with E-state index in [-0.39, 0.29) is 5.75 Å². The van der Waals surface area contributed by atoms with Crippen molar-refractivity contribution in [1.82, 2.24) is 0 Å². The predicted octanol–water partition coefficient (Wildman–Crippen LogP) is 3.78. The van der Waals surface area contributed by atoms with Crippen molar-refractivity contribution in [2.24, 2.45) is 0 Å². The Morgan fingerprint density at radius 1 is 1.29 bits per heavy atom. The molecule has 0 spiro atoms. The van der Waals surface area contributed by atoms with Crippen molar-refractivity contribution >= 4 is 5.69 Å². The van der Waals surface area contributed by atoms with Gasteiger partial charge < -0.3 is 15.2 Å². The number of hydrogen-bond donors (Lipinski definition) is 2. The number of nitrogens with zero attached hydrogens (tertiary/aromatic N) is 1. The molecule has 4 nitrogen and oxygen atoms in total. The van der Waals surface area contributed by atoms with E-state index in [0.717, 1.165) is 16.8 Å². The minimum atomic E-state index is -0.508. The molecule has 108 valence electrons. The maximum absolute atomic E-state index is 9.73. The molecular formula is C17H18N2O2. The first-order valence-electron chi connectivity index (χ1n) is 6.83. The van der Waals surface area contributed by atoms with E-state index in [1.54, 1.807) is 18.2 Å². The van der Waals surface area contributed by atoms with Gasteiger partial charge in [0.05, 0.1) is 12.7 Å². The van der Waals surface area contributed by atoms with Crippen LogP contribution >= 0.6 is 0 Å². The number of nitriles is 1. The maximum Gasteiger partial charge on any atom is 0.161 e. The van der Waals surface area contributed by atoms with E-state index < -0.39 is 6.04 Å². The zero-order valence-electron chi connectivity index (χ0n) is 12.1. The minimum absolute atomic E-state index is 0.0770. The molecular weight excluding hydrogens is 264 g/mol. The van der Waals surface area contributed by atoms with E-state index in [0.29, 0.717) is 12.4 Å². The third-order valence-corrected chi connectivity index (χ3v) is 3.19. The number of hydrogen-bond acceptors (Lipinski definition) is 4. The molecule has 0 radical (unpaired) electrons. The molecule has 1 atom stereocenters. The highest BCUT2D eigenvalue weighted by molar-refractivity contribution is 5.54. The quantitative estimate of drug-likeness (QED) is 0.876. The highest BCUT2D eigenvalue weighted by Gasteiger charge is 2.14. The lowest BCUT2D eigenvalue weighted by Crippen LogP contribution is -2.09.